The van der Waals surface area contributed by atoms with Crippen molar-refractivity contribution in [3.63, 3.8) is 0 Å². The standard InChI is InChI=1S/C23H30N6O3/c1-23(2,11-18-25-21-17(22(32)26-18)7-8-27(21)3)12-19(30)29-9-5-15(6-10-29)20(31)16-13-24-28(4)14-16/h7-8,13-15H,5-6,9-12H2,1-4H3,(H,25,26,32). The van der Waals surface area contributed by atoms with Crippen LogP contribution in [0.1, 0.15) is 49.3 Å². The van der Waals surface area contributed by atoms with E-state index >= 15 is 0 Å². The highest BCUT2D eigenvalue weighted by atomic mass is 16.2. The highest BCUT2D eigenvalue weighted by Crippen LogP contribution is 2.28. The number of ketones is 1. The molecule has 0 bridgehead atoms. The zero-order chi connectivity index (χ0) is 23.0. The maximum atomic E-state index is 13.0. The molecule has 0 unspecified atom stereocenters. The number of nitrogens with one attached hydrogen (secondary N) is 1. The lowest BCUT2D eigenvalue weighted by Crippen LogP contribution is -2.42. The lowest BCUT2D eigenvalue weighted by Gasteiger charge is -2.34. The zero-order valence-electron chi connectivity index (χ0n) is 19.1. The van der Waals surface area contributed by atoms with E-state index in [1.165, 1.54) is 0 Å². The van der Waals surface area contributed by atoms with Gasteiger partial charge in [-0.2, -0.15) is 5.10 Å². The molecule has 0 atom stereocenters. The van der Waals surface area contributed by atoms with Gasteiger partial charge in [0.15, 0.2) is 5.78 Å². The van der Waals surface area contributed by atoms with Crippen molar-refractivity contribution in [2.75, 3.05) is 13.1 Å². The Labute approximate surface area is 186 Å². The largest absolute Gasteiger partial charge is 0.343 e. The summed E-state index contributed by atoms with van der Waals surface area (Å²) in [5.41, 5.74) is 0.753. The first-order chi connectivity index (χ1) is 15.1. The van der Waals surface area contributed by atoms with E-state index in [-0.39, 0.29) is 28.6 Å². The van der Waals surface area contributed by atoms with Crippen molar-refractivity contribution >= 4 is 22.7 Å². The molecule has 0 spiro atoms. The molecule has 1 saturated heterocycles. The molecule has 9 heteroatoms. The molecule has 0 saturated carbocycles. The molecule has 4 rings (SSSR count). The number of hydrogen-bond acceptors (Lipinski definition) is 5. The van der Waals surface area contributed by atoms with Crippen molar-refractivity contribution in [3.8, 4) is 0 Å². The van der Waals surface area contributed by atoms with E-state index in [9.17, 15) is 14.4 Å². The van der Waals surface area contributed by atoms with Crippen LogP contribution < -0.4 is 5.56 Å². The van der Waals surface area contributed by atoms with Crippen molar-refractivity contribution in [2.24, 2.45) is 25.4 Å². The SMILES string of the molecule is Cn1cc(C(=O)C2CCN(C(=O)CC(C)(C)Cc3nc4c(ccn4C)c(=O)[nH]3)CC2)cn1. The fourth-order valence-corrected chi connectivity index (χ4v) is 4.49. The van der Waals surface area contributed by atoms with E-state index in [0.29, 0.717) is 61.2 Å². The highest BCUT2D eigenvalue weighted by Gasteiger charge is 2.31. The van der Waals surface area contributed by atoms with Crippen LogP contribution in [0.3, 0.4) is 0 Å². The van der Waals surface area contributed by atoms with Crippen LogP contribution in [-0.4, -0.2) is 54.0 Å². The zero-order valence-corrected chi connectivity index (χ0v) is 19.1. The third-order valence-electron chi connectivity index (χ3n) is 6.27. The van der Waals surface area contributed by atoms with Crippen LogP contribution in [0.4, 0.5) is 0 Å². The highest BCUT2D eigenvalue weighted by molar-refractivity contribution is 5.97. The minimum atomic E-state index is -0.367. The number of likely N-dealkylation sites (tertiary alicyclic amines) is 1. The summed E-state index contributed by atoms with van der Waals surface area (Å²) in [6.07, 6.45) is 7.33. The molecule has 32 heavy (non-hydrogen) atoms. The molecule has 0 aromatic carbocycles. The van der Waals surface area contributed by atoms with Crippen LogP contribution in [0, 0.1) is 11.3 Å². The van der Waals surface area contributed by atoms with Gasteiger partial charge < -0.3 is 14.5 Å². The van der Waals surface area contributed by atoms with Crippen LogP contribution in [-0.2, 0) is 25.3 Å². The Bertz CT molecular complexity index is 1210. The van der Waals surface area contributed by atoms with E-state index in [1.54, 1.807) is 30.2 Å². The van der Waals surface area contributed by atoms with Gasteiger partial charge in [0.2, 0.25) is 5.91 Å². The van der Waals surface area contributed by atoms with Gasteiger partial charge in [-0.3, -0.25) is 19.1 Å². The van der Waals surface area contributed by atoms with Gasteiger partial charge in [-0.15, -0.1) is 0 Å². The number of amides is 1. The van der Waals surface area contributed by atoms with Gasteiger partial charge in [0.25, 0.3) is 5.56 Å². The van der Waals surface area contributed by atoms with Crippen LogP contribution in [0.15, 0.2) is 29.5 Å². The first kappa shape index (κ1) is 22.0. The van der Waals surface area contributed by atoms with E-state index in [2.05, 4.69) is 15.1 Å². The maximum Gasteiger partial charge on any atom is 0.260 e. The minimum Gasteiger partial charge on any atom is -0.343 e. The molecule has 0 aliphatic carbocycles. The second kappa shape index (κ2) is 8.37. The summed E-state index contributed by atoms with van der Waals surface area (Å²) >= 11 is 0. The number of rotatable bonds is 6. The van der Waals surface area contributed by atoms with Crippen molar-refractivity contribution in [3.05, 3.63) is 46.4 Å². The molecule has 3 aromatic heterocycles. The number of carbonyl (C=O) groups is 2. The summed E-state index contributed by atoms with van der Waals surface area (Å²) < 4.78 is 3.45. The normalized spacial score (nSPS) is 15.4. The summed E-state index contributed by atoms with van der Waals surface area (Å²) in [6, 6.07) is 1.75. The average Bonchev–Trinajstić information content (AvgIpc) is 3.33. The van der Waals surface area contributed by atoms with Gasteiger partial charge in [0, 0.05) is 58.3 Å². The minimum absolute atomic E-state index is 0.0671. The van der Waals surface area contributed by atoms with Crippen LogP contribution >= 0.6 is 0 Å². The lowest BCUT2D eigenvalue weighted by molar-refractivity contribution is -0.134. The summed E-state index contributed by atoms with van der Waals surface area (Å²) in [4.78, 5) is 47.3. The topological polar surface area (TPSA) is 106 Å². The van der Waals surface area contributed by atoms with Gasteiger partial charge >= 0.3 is 0 Å². The second-order valence-electron chi connectivity index (χ2n) is 9.62. The summed E-state index contributed by atoms with van der Waals surface area (Å²) in [7, 11) is 3.65. The Morgan fingerprint density at radius 3 is 2.59 bits per heavy atom. The fourth-order valence-electron chi connectivity index (χ4n) is 4.49. The van der Waals surface area contributed by atoms with Crippen LogP contribution in [0.2, 0.25) is 0 Å². The number of H-pyrrole nitrogens is 1. The molecular formula is C23H30N6O3. The van der Waals surface area contributed by atoms with Crippen molar-refractivity contribution < 1.29 is 9.59 Å². The smallest absolute Gasteiger partial charge is 0.260 e. The number of aromatic nitrogens is 5. The van der Waals surface area contributed by atoms with E-state index in [0.717, 1.165) is 0 Å². The summed E-state index contributed by atoms with van der Waals surface area (Å²) in [5, 5.41) is 4.64. The van der Waals surface area contributed by atoms with Gasteiger partial charge in [0.05, 0.1) is 17.1 Å². The Morgan fingerprint density at radius 1 is 1.22 bits per heavy atom. The van der Waals surface area contributed by atoms with Crippen LogP contribution in [0.5, 0.6) is 0 Å². The molecule has 0 radical (unpaired) electrons. The third-order valence-corrected chi connectivity index (χ3v) is 6.27. The molecular weight excluding hydrogens is 408 g/mol. The predicted octanol–water partition coefficient (Wildman–Crippen LogP) is 2.08. The first-order valence-corrected chi connectivity index (χ1v) is 11.0. The molecule has 1 amide bonds. The second-order valence-corrected chi connectivity index (χ2v) is 9.62. The Morgan fingerprint density at radius 2 is 1.94 bits per heavy atom. The first-order valence-electron chi connectivity index (χ1n) is 11.0. The monoisotopic (exact) mass is 438 g/mol. The number of piperidine rings is 1. The van der Waals surface area contributed by atoms with E-state index in [4.69, 9.17) is 0 Å². The van der Waals surface area contributed by atoms with Crippen molar-refractivity contribution in [1.82, 2.24) is 29.2 Å². The number of Topliss-reactive ketones (excluding diaryl/α,β-unsaturated/α-hetero) is 1. The summed E-state index contributed by atoms with van der Waals surface area (Å²) in [5.74, 6) is 0.701. The predicted molar refractivity (Wildman–Crippen MR) is 120 cm³/mol. The molecule has 3 aromatic rings. The van der Waals surface area contributed by atoms with Gasteiger partial charge in [0.1, 0.15) is 11.5 Å². The third kappa shape index (κ3) is 4.51. The number of aromatic amines is 1. The van der Waals surface area contributed by atoms with Gasteiger partial charge in [-0.05, 0) is 24.3 Å². The van der Waals surface area contributed by atoms with Crippen LogP contribution in [0.25, 0.3) is 11.0 Å². The van der Waals surface area contributed by atoms with Crippen molar-refractivity contribution in [1.29, 1.82) is 0 Å². The number of carbonyl (C=O) groups excluding carboxylic acids is 2. The molecule has 9 nitrogen and oxygen atoms in total. The average molecular weight is 439 g/mol. The van der Waals surface area contributed by atoms with Crippen molar-refractivity contribution in [2.45, 2.75) is 39.5 Å². The number of hydrogen-bond donors (Lipinski definition) is 1. The molecule has 4 heterocycles. The number of nitrogens with zero attached hydrogens (tertiary/aromatic N) is 5. The Hall–Kier alpha value is -3.23. The number of aryl methyl sites for hydroxylation is 2. The molecule has 170 valence electrons. The Balaban J connectivity index is 1.36. The van der Waals surface area contributed by atoms with E-state index < -0.39 is 0 Å². The fraction of sp³-hybridized carbons (Fsp3) is 0.522. The molecule has 1 aliphatic rings. The Kier molecular flexibility index (Phi) is 5.75. The molecule has 1 fully saturated rings. The van der Waals surface area contributed by atoms with Gasteiger partial charge in [-0.1, -0.05) is 13.8 Å². The number of fused-ring (bicyclic) bond motifs is 1. The lowest BCUT2D eigenvalue weighted by atomic mass is 9.84. The quantitative estimate of drug-likeness (QED) is 0.593. The van der Waals surface area contributed by atoms with Gasteiger partial charge in [-0.25, -0.2) is 4.98 Å². The van der Waals surface area contributed by atoms with E-state index in [1.807, 2.05) is 36.6 Å². The molecule has 1 N–H and O–H groups in total. The maximum absolute atomic E-state index is 13.0. The summed E-state index contributed by atoms with van der Waals surface area (Å²) in [6.45, 7) is 5.18. The molecule has 1 aliphatic heterocycles.